The largest absolute Gasteiger partial charge is 0.483 e. The third kappa shape index (κ3) is 6.72. The molecule has 2 amide bonds. The molecule has 1 fully saturated rings. The van der Waals surface area contributed by atoms with Crippen molar-refractivity contribution < 1.29 is 40.8 Å². The van der Waals surface area contributed by atoms with Crippen LogP contribution in [0.3, 0.4) is 0 Å². The lowest BCUT2D eigenvalue weighted by atomic mass is 9.84. The normalized spacial score (nSPS) is 21.2. The van der Waals surface area contributed by atoms with E-state index in [9.17, 15) is 36.0 Å². The molecule has 2 aromatic carbocycles. The Hall–Kier alpha value is -5.10. The fourth-order valence-corrected chi connectivity index (χ4v) is 6.59. The summed E-state index contributed by atoms with van der Waals surface area (Å²) in [4.78, 5) is 49.6. The molecule has 0 saturated carbocycles. The molecule has 6 rings (SSSR count). The lowest BCUT2D eigenvalue weighted by Crippen LogP contribution is -2.52. The number of carbonyl (C=O) groups is 2. The first kappa shape index (κ1) is 35.7. The van der Waals surface area contributed by atoms with Gasteiger partial charge in [-0.2, -0.15) is 0 Å². The van der Waals surface area contributed by atoms with Gasteiger partial charge in [-0.25, -0.2) is 21.6 Å². The predicted molar refractivity (Wildman–Crippen MR) is 180 cm³/mol. The molecule has 3 aliphatic heterocycles. The highest BCUT2D eigenvalue weighted by atomic mass is 32.2. The van der Waals surface area contributed by atoms with Crippen LogP contribution in [0.1, 0.15) is 78.0 Å². The number of halogens is 3. The fraction of sp³-hybridized carbons (Fsp3) is 0.389. The number of rotatable bonds is 7. The zero-order valence-corrected chi connectivity index (χ0v) is 29.1. The van der Waals surface area contributed by atoms with Crippen molar-refractivity contribution in [2.24, 2.45) is 5.16 Å². The summed E-state index contributed by atoms with van der Waals surface area (Å²) in [6, 6.07) is 8.76. The lowest BCUT2D eigenvalue weighted by molar-refractivity contribution is -0.0656. The molecule has 1 N–H and O–H groups in total. The van der Waals surface area contributed by atoms with E-state index < -0.39 is 84.3 Å². The van der Waals surface area contributed by atoms with Crippen molar-refractivity contribution in [1.82, 2.24) is 14.8 Å². The minimum absolute atomic E-state index is 0.103. The van der Waals surface area contributed by atoms with Gasteiger partial charge >= 0.3 is 0 Å². The van der Waals surface area contributed by atoms with E-state index in [0.29, 0.717) is 30.5 Å². The average molecular weight is 725 g/mol. The number of nitrogens with one attached hydrogen (secondary N) is 1. The number of carbonyl (C=O) groups excluding carboxylic acids is 2. The summed E-state index contributed by atoms with van der Waals surface area (Å²) >= 11 is 0. The van der Waals surface area contributed by atoms with E-state index >= 15 is 0 Å². The molecule has 15 heteroatoms. The Bertz CT molecular complexity index is 2170. The number of benzene rings is 2. The molecule has 0 unspecified atom stereocenters. The molecular formula is C36H35F3N4O7S. The summed E-state index contributed by atoms with van der Waals surface area (Å²) in [7, 11) is -3.53. The monoisotopic (exact) mass is 724 g/mol. The van der Waals surface area contributed by atoms with Gasteiger partial charge in [0.15, 0.2) is 26.9 Å². The van der Waals surface area contributed by atoms with Gasteiger partial charge in [0.2, 0.25) is 5.43 Å². The Morgan fingerprint density at radius 3 is 2.51 bits per heavy atom. The number of pyridine rings is 1. The predicted octanol–water partition coefficient (Wildman–Crippen LogP) is 4.30. The highest BCUT2D eigenvalue weighted by Crippen LogP contribution is 2.46. The second-order valence-corrected chi connectivity index (χ2v) is 16.1. The summed E-state index contributed by atoms with van der Waals surface area (Å²) in [5.74, 6) is 0.118. The van der Waals surface area contributed by atoms with Crippen molar-refractivity contribution in [3.05, 3.63) is 98.7 Å². The number of hydrogen-bond donors (Lipinski definition) is 1. The van der Waals surface area contributed by atoms with Gasteiger partial charge in [-0.05, 0) is 45.1 Å². The average Bonchev–Trinajstić information content (AvgIpc) is 3.44. The van der Waals surface area contributed by atoms with Crippen molar-refractivity contribution in [3.8, 4) is 17.6 Å². The smallest absolute Gasteiger partial charge is 0.274 e. The third-order valence-electron chi connectivity index (χ3n) is 9.73. The fourth-order valence-electron chi connectivity index (χ4n) is 6.35. The first-order chi connectivity index (χ1) is 24.0. The molecule has 0 aliphatic carbocycles. The van der Waals surface area contributed by atoms with E-state index in [1.807, 2.05) is 6.92 Å². The van der Waals surface area contributed by atoms with Crippen LogP contribution >= 0.6 is 0 Å². The van der Waals surface area contributed by atoms with Crippen LogP contribution in [0.5, 0.6) is 5.75 Å². The topological polar surface area (TPSA) is 136 Å². The molecule has 51 heavy (non-hydrogen) atoms. The number of fused-ring (bicyclic) bond motifs is 5. The third-order valence-corrected chi connectivity index (χ3v) is 11.7. The van der Waals surface area contributed by atoms with Gasteiger partial charge in [0.05, 0.1) is 6.04 Å². The summed E-state index contributed by atoms with van der Waals surface area (Å²) in [5, 5.41) is 6.56. The molecule has 11 nitrogen and oxygen atoms in total. The van der Waals surface area contributed by atoms with E-state index in [-0.39, 0.29) is 37.0 Å². The first-order valence-corrected chi connectivity index (χ1v) is 18.1. The van der Waals surface area contributed by atoms with Crippen LogP contribution in [0.25, 0.3) is 0 Å². The maximum Gasteiger partial charge on any atom is 0.274 e. The summed E-state index contributed by atoms with van der Waals surface area (Å²) in [5.41, 5.74) is -2.31. The number of aromatic nitrogens is 1. The zero-order valence-electron chi connectivity index (χ0n) is 28.3. The van der Waals surface area contributed by atoms with Crippen LogP contribution in [-0.4, -0.2) is 64.6 Å². The SMILES string of the molecule is C[C@H]1CC[C@]2(CC(C#CC(C)(C)S(C)(=O)=O)=NO2)[C@H]2CN1C(=O)c1c(OCc3ccccc3)c(=O)c(C(=O)NCc3c(F)cc(F)cc3F)cn12. The molecule has 1 saturated heterocycles. The number of nitrogens with zero attached hydrogens (tertiary/aromatic N) is 3. The van der Waals surface area contributed by atoms with Gasteiger partial charge in [0, 0.05) is 55.7 Å². The number of oxime groups is 1. The number of ether oxygens (including phenoxy) is 1. The standard InChI is InChI=1S/C36H35F3N4O7S/c1-21-10-13-36(16-24(41-50-36)11-12-35(2,3)51(4,47)48)29-19-42(21)34(46)30-32(49-20-22-8-6-5-7-9-22)31(44)26(18-43(29)30)33(45)40-17-25-27(38)14-23(37)15-28(25)39/h5-9,14-15,18,21,29H,10,13,16-17,19-20H2,1-4H3,(H,40,45)/t21-,29+,36-/m0/s1. The van der Waals surface area contributed by atoms with Crippen LogP contribution in [-0.2, 0) is 27.8 Å². The van der Waals surface area contributed by atoms with Crippen molar-refractivity contribution in [3.63, 3.8) is 0 Å². The van der Waals surface area contributed by atoms with Crippen LogP contribution < -0.4 is 15.5 Å². The van der Waals surface area contributed by atoms with Gasteiger partial charge in [-0.1, -0.05) is 41.4 Å². The van der Waals surface area contributed by atoms with E-state index in [0.717, 1.165) is 6.26 Å². The van der Waals surface area contributed by atoms with Crippen molar-refractivity contribution in [2.45, 2.75) is 75.6 Å². The molecule has 3 aromatic rings. The molecule has 1 spiro atoms. The van der Waals surface area contributed by atoms with E-state index in [2.05, 4.69) is 22.3 Å². The van der Waals surface area contributed by atoms with Gasteiger partial charge in [-0.3, -0.25) is 14.4 Å². The van der Waals surface area contributed by atoms with Crippen molar-refractivity contribution in [2.75, 3.05) is 12.8 Å². The molecule has 0 radical (unpaired) electrons. The van der Waals surface area contributed by atoms with Crippen LogP contribution in [0.4, 0.5) is 13.2 Å². The second kappa shape index (κ2) is 13.2. The second-order valence-electron chi connectivity index (χ2n) is 13.5. The maximum absolute atomic E-state index is 14.4. The quantitative estimate of drug-likeness (QED) is 0.359. The van der Waals surface area contributed by atoms with Crippen LogP contribution in [0, 0.1) is 29.3 Å². The summed E-state index contributed by atoms with van der Waals surface area (Å²) < 4.78 is 73.0. The van der Waals surface area contributed by atoms with Crippen LogP contribution in [0.15, 0.2) is 58.6 Å². The minimum Gasteiger partial charge on any atom is -0.483 e. The molecule has 3 atom stereocenters. The number of hydrogen-bond acceptors (Lipinski definition) is 8. The Balaban J connectivity index is 1.44. The lowest BCUT2D eigenvalue weighted by Gasteiger charge is -2.42. The van der Waals surface area contributed by atoms with E-state index in [1.54, 1.807) is 35.2 Å². The molecule has 4 heterocycles. The molecule has 2 bridgehead atoms. The molecule has 3 aliphatic rings. The van der Waals surface area contributed by atoms with E-state index in [1.165, 1.54) is 24.6 Å². The van der Waals surface area contributed by atoms with Gasteiger partial charge < -0.3 is 24.4 Å². The number of amides is 2. The van der Waals surface area contributed by atoms with Crippen molar-refractivity contribution >= 4 is 27.4 Å². The highest BCUT2D eigenvalue weighted by molar-refractivity contribution is 7.92. The molecule has 1 aromatic heterocycles. The summed E-state index contributed by atoms with van der Waals surface area (Å²) in [6.07, 6.45) is 3.29. The molecular weight excluding hydrogens is 689 g/mol. The number of sulfone groups is 1. The Morgan fingerprint density at radius 2 is 1.84 bits per heavy atom. The Morgan fingerprint density at radius 1 is 1.16 bits per heavy atom. The zero-order chi connectivity index (χ0) is 36.9. The van der Waals surface area contributed by atoms with Gasteiger partial charge in [0.25, 0.3) is 11.8 Å². The minimum atomic E-state index is -3.53. The van der Waals surface area contributed by atoms with Gasteiger partial charge in [-0.15, -0.1) is 0 Å². The summed E-state index contributed by atoms with van der Waals surface area (Å²) in [6.45, 7) is 4.09. The van der Waals surface area contributed by atoms with Crippen molar-refractivity contribution in [1.29, 1.82) is 0 Å². The Kier molecular flexibility index (Phi) is 9.26. The van der Waals surface area contributed by atoms with Gasteiger partial charge in [0.1, 0.15) is 40.1 Å². The molecule has 268 valence electrons. The first-order valence-electron chi connectivity index (χ1n) is 16.2. The maximum atomic E-state index is 14.4. The van der Waals surface area contributed by atoms with E-state index in [4.69, 9.17) is 9.57 Å². The Labute approximate surface area is 292 Å². The van der Waals surface area contributed by atoms with Crippen LogP contribution in [0.2, 0.25) is 0 Å². The highest BCUT2D eigenvalue weighted by Gasteiger charge is 2.54.